The van der Waals surface area contributed by atoms with Crippen LogP contribution in [0.4, 0.5) is 10.1 Å². The molecule has 3 aromatic carbocycles. The highest BCUT2D eigenvalue weighted by molar-refractivity contribution is 8.18. The van der Waals surface area contributed by atoms with Gasteiger partial charge in [0.15, 0.2) is 16.7 Å². The molecule has 1 N–H and O–H groups in total. The van der Waals surface area contributed by atoms with E-state index >= 15 is 0 Å². The standard InChI is InChI=1S/C27H22ClFN2O5S/c1-3-31-25(32)23(37-27(31)30-20-6-4-5-18(14-20)26(33)34)13-17-11-21(28)24(22(12-17)35-2)36-15-16-7-9-19(29)10-8-16/h4-14H,3,15H2,1-2H3,(H,33,34). The van der Waals surface area contributed by atoms with E-state index in [2.05, 4.69) is 4.99 Å². The molecule has 0 bridgehead atoms. The van der Waals surface area contributed by atoms with Gasteiger partial charge < -0.3 is 14.6 Å². The number of carbonyl (C=O) groups is 2. The zero-order valence-electron chi connectivity index (χ0n) is 19.9. The van der Waals surface area contributed by atoms with Crippen LogP contribution in [0.3, 0.4) is 0 Å². The van der Waals surface area contributed by atoms with E-state index in [0.717, 1.165) is 5.56 Å². The minimum Gasteiger partial charge on any atom is -0.493 e. The number of nitrogens with zero attached hydrogens (tertiary/aromatic N) is 2. The van der Waals surface area contributed by atoms with Gasteiger partial charge in [0.2, 0.25) is 0 Å². The first-order valence-electron chi connectivity index (χ1n) is 11.2. The Balaban J connectivity index is 1.59. The van der Waals surface area contributed by atoms with Gasteiger partial charge in [0.05, 0.1) is 28.3 Å². The third-order valence-electron chi connectivity index (χ3n) is 5.37. The molecule has 1 heterocycles. The molecular weight excluding hydrogens is 519 g/mol. The van der Waals surface area contributed by atoms with Crippen LogP contribution >= 0.6 is 23.4 Å². The van der Waals surface area contributed by atoms with Crippen molar-refractivity contribution in [3.63, 3.8) is 0 Å². The number of amides is 1. The molecule has 1 amide bonds. The minimum atomic E-state index is -1.05. The monoisotopic (exact) mass is 540 g/mol. The van der Waals surface area contributed by atoms with Crippen molar-refractivity contribution in [2.75, 3.05) is 13.7 Å². The predicted molar refractivity (Wildman–Crippen MR) is 142 cm³/mol. The van der Waals surface area contributed by atoms with E-state index in [1.807, 2.05) is 6.92 Å². The maximum Gasteiger partial charge on any atom is 0.335 e. The van der Waals surface area contributed by atoms with Gasteiger partial charge in [-0.15, -0.1) is 0 Å². The van der Waals surface area contributed by atoms with Crippen LogP contribution < -0.4 is 9.47 Å². The molecule has 190 valence electrons. The van der Waals surface area contributed by atoms with Gasteiger partial charge in [0.25, 0.3) is 5.91 Å². The second kappa shape index (κ2) is 11.5. The number of aromatic carboxylic acids is 1. The summed E-state index contributed by atoms with van der Waals surface area (Å²) in [7, 11) is 1.48. The van der Waals surface area contributed by atoms with Crippen LogP contribution in [0, 0.1) is 5.82 Å². The number of carboxylic acid groups (broad SMARTS) is 1. The third kappa shape index (κ3) is 6.12. The molecule has 0 atom stereocenters. The lowest BCUT2D eigenvalue weighted by atomic mass is 10.1. The number of rotatable bonds is 8. The number of hydrogen-bond acceptors (Lipinski definition) is 6. The number of carboxylic acids is 1. The number of aliphatic imine (C=N–C) groups is 1. The highest BCUT2D eigenvalue weighted by Crippen LogP contribution is 2.39. The third-order valence-corrected chi connectivity index (χ3v) is 6.66. The van der Waals surface area contributed by atoms with E-state index in [1.54, 1.807) is 42.5 Å². The normalized spacial score (nSPS) is 15.5. The number of thioether (sulfide) groups is 1. The highest BCUT2D eigenvalue weighted by atomic mass is 35.5. The summed E-state index contributed by atoms with van der Waals surface area (Å²) < 4.78 is 24.5. The fourth-order valence-electron chi connectivity index (χ4n) is 3.54. The SMILES string of the molecule is CCN1C(=O)C(=Cc2cc(Cl)c(OCc3ccc(F)cc3)c(OC)c2)SC1=Nc1cccc(C(=O)O)c1. The predicted octanol–water partition coefficient (Wildman–Crippen LogP) is 6.39. The van der Waals surface area contributed by atoms with Crippen molar-refractivity contribution in [2.45, 2.75) is 13.5 Å². The molecule has 0 radical (unpaired) electrons. The lowest BCUT2D eigenvalue weighted by molar-refractivity contribution is -0.122. The molecule has 7 nitrogen and oxygen atoms in total. The Hall–Kier alpha value is -3.82. The molecule has 4 rings (SSSR count). The number of amidine groups is 1. The van der Waals surface area contributed by atoms with E-state index in [4.69, 9.17) is 21.1 Å². The molecule has 0 unspecified atom stereocenters. The number of carbonyl (C=O) groups excluding carboxylic acids is 1. The summed E-state index contributed by atoms with van der Waals surface area (Å²) in [4.78, 5) is 30.8. The summed E-state index contributed by atoms with van der Waals surface area (Å²) in [6.45, 7) is 2.39. The summed E-state index contributed by atoms with van der Waals surface area (Å²) >= 11 is 7.67. The van der Waals surface area contributed by atoms with Crippen LogP contribution in [0.25, 0.3) is 6.08 Å². The van der Waals surface area contributed by atoms with Crippen molar-refractivity contribution in [1.82, 2.24) is 4.90 Å². The number of likely N-dealkylation sites (N-methyl/N-ethyl adjacent to an activating group) is 1. The molecule has 37 heavy (non-hydrogen) atoms. The smallest absolute Gasteiger partial charge is 0.335 e. The molecule has 1 saturated heterocycles. The zero-order chi connectivity index (χ0) is 26.5. The molecule has 0 aromatic heterocycles. The maximum absolute atomic E-state index is 13.2. The van der Waals surface area contributed by atoms with Gasteiger partial charge in [0, 0.05) is 6.54 Å². The number of halogens is 2. The first kappa shape index (κ1) is 26.2. The fourth-order valence-corrected chi connectivity index (χ4v) is 4.88. The van der Waals surface area contributed by atoms with Crippen molar-refractivity contribution in [1.29, 1.82) is 0 Å². The molecule has 10 heteroatoms. The Morgan fingerprint density at radius 2 is 1.95 bits per heavy atom. The Kier molecular flexibility index (Phi) is 8.15. The van der Waals surface area contributed by atoms with Crippen LogP contribution in [0.1, 0.15) is 28.4 Å². The van der Waals surface area contributed by atoms with Crippen molar-refractivity contribution >= 4 is 52.2 Å². The van der Waals surface area contributed by atoms with Gasteiger partial charge in [-0.05, 0) is 78.4 Å². The lowest BCUT2D eigenvalue weighted by Gasteiger charge is -2.14. The lowest BCUT2D eigenvalue weighted by Crippen LogP contribution is -2.28. The van der Waals surface area contributed by atoms with E-state index in [9.17, 15) is 19.1 Å². The number of ether oxygens (including phenoxy) is 2. The Bertz CT molecular complexity index is 1410. The molecular formula is C27H22ClFN2O5S. The number of hydrogen-bond donors (Lipinski definition) is 1. The summed E-state index contributed by atoms with van der Waals surface area (Å²) in [6, 6.07) is 15.5. The number of methoxy groups -OCH3 is 1. The topological polar surface area (TPSA) is 88.4 Å². The van der Waals surface area contributed by atoms with Gasteiger partial charge in [-0.2, -0.15) is 0 Å². The summed E-state index contributed by atoms with van der Waals surface area (Å²) in [5.41, 5.74) is 1.93. The molecule has 0 spiro atoms. The first-order chi connectivity index (χ1) is 17.8. The van der Waals surface area contributed by atoms with E-state index in [-0.39, 0.29) is 28.9 Å². The second-order valence-corrected chi connectivity index (χ2v) is 9.28. The largest absolute Gasteiger partial charge is 0.493 e. The number of benzene rings is 3. The van der Waals surface area contributed by atoms with E-state index in [1.165, 1.54) is 48.0 Å². The Morgan fingerprint density at radius 1 is 1.19 bits per heavy atom. The van der Waals surface area contributed by atoms with E-state index < -0.39 is 5.97 Å². The highest BCUT2D eigenvalue weighted by Gasteiger charge is 2.32. The van der Waals surface area contributed by atoms with Gasteiger partial charge >= 0.3 is 5.97 Å². The summed E-state index contributed by atoms with van der Waals surface area (Å²) in [5, 5.41) is 9.96. The molecule has 1 aliphatic rings. The first-order valence-corrected chi connectivity index (χ1v) is 12.4. The average molecular weight is 541 g/mol. The van der Waals surface area contributed by atoms with Gasteiger partial charge in [-0.3, -0.25) is 9.69 Å². The zero-order valence-corrected chi connectivity index (χ0v) is 21.5. The van der Waals surface area contributed by atoms with Crippen molar-refractivity contribution in [3.05, 3.63) is 93.1 Å². The Morgan fingerprint density at radius 3 is 2.62 bits per heavy atom. The van der Waals surface area contributed by atoms with Gasteiger partial charge in [0.1, 0.15) is 12.4 Å². The minimum absolute atomic E-state index is 0.110. The molecule has 0 saturated carbocycles. The van der Waals surface area contributed by atoms with Crippen molar-refractivity contribution < 1.29 is 28.6 Å². The summed E-state index contributed by atoms with van der Waals surface area (Å²) in [5.74, 6) is -0.909. The van der Waals surface area contributed by atoms with Crippen LogP contribution in [-0.2, 0) is 11.4 Å². The quantitative estimate of drug-likeness (QED) is 0.333. The van der Waals surface area contributed by atoms with Gasteiger partial charge in [-0.25, -0.2) is 14.2 Å². The Labute approximate surface area is 222 Å². The van der Waals surface area contributed by atoms with Crippen molar-refractivity contribution in [3.8, 4) is 11.5 Å². The second-order valence-electron chi connectivity index (χ2n) is 7.86. The average Bonchev–Trinajstić information content (AvgIpc) is 3.17. The molecule has 3 aromatic rings. The fraction of sp³-hybridized carbons (Fsp3) is 0.148. The molecule has 1 fully saturated rings. The van der Waals surface area contributed by atoms with Crippen molar-refractivity contribution in [2.24, 2.45) is 4.99 Å². The van der Waals surface area contributed by atoms with E-state index in [0.29, 0.717) is 39.4 Å². The van der Waals surface area contributed by atoms with Crippen LogP contribution in [0.5, 0.6) is 11.5 Å². The van der Waals surface area contributed by atoms with Gasteiger partial charge in [-0.1, -0.05) is 29.8 Å². The van der Waals surface area contributed by atoms with Crippen LogP contribution in [-0.4, -0.2) is 40.7 Å². The van der Waals surface area contributed by atoms with Crippen LogP contribution in [0.2, 0.25) is 5.02 Å². The molecule has 0 aliphatic carbocycles. The summed E-state index contributed by atoms with van der Waals surface area (Å²) in [6.07, 6.45) is 1.68. The van der Waals surface area contributed by atoms with Crippen LogP contribution in [0.15, 0.2) is 70.6 Å². The maximum atomic E-state index is 13.2. The molecule has 1 aliphatic heterocycles.